The Hall–Kier alpha value is -3.23. The molecule has 0 radical (unpaired) electrons. The minimum absolute atomic E-state index is 0.0995. The topological polar surface area (TPSA) is 64.6 Å². The van der Waals surface area contributed by atoms with Gasteiger partial charge < -0.3 is 14.4 Å². The molecule has 0 unspecified atom stereocenters. The molecule has 0 atom stereocenters. The number of hydrogen-bond donors (Lipinski definition) is 0. The summed E-state index contributed by atoms with van der Waals surface area (Å²) in [6.45, 7) is 5.97. The van der Waals surface area contributed by atoms with Crippen LogP contribution in [0.25, 0.3) is 10.4 Å². The third kappa shape index (κ3) is 4.83. The zero-order valence-electron chi connectivity index (χ0n) is 19.1. The number of aromatic nitrogens is 2. The monoisotopic (exact) mass is 491 g/mol. The number of amides is 1. The second-order valence-electron chi connectivity index (χ2n) is 8.12. The van der Waals surface area contributed by atoms with Crippen molar-refractivity contribution in [3.05, 3.63) is 80.9 Å². The number of carbonyl (C=O) groups is 1. The molecule has 0 saturated heterocycles. The molecule has 8 heteroatoms. The number of hydrogen-bond acceptors (Lipinski definition) is 7. The predicted molar refractivity (Wildman–Crippen MR) is 135 cm³/mol. The van der Waals surface area contributed by atoms with Gasteiger partial charge in [0.1, 0.15) is 12.3 Å². The number of thiophene rings is 1. The average molecular weight is 492 g/mol. The summed E-state index contributed by atoms with van der Waals surface area (Å²) in [6, 6.07) is 13.8. The van der Waals surface area contributed by atoms with E-state index in [1.807, 2.05) is 24.6 Å². The van der Waals surface area contributed by atoms with Gasteiger partial charge in [-0.3, -0.25) is 9.78 Å². The fourth-order valence-corrected chi connectivity index (χ4v) is 5.58. The first-order valence-corrected chi connectivity index (χ1v) is 12.9. The van der Waals surface area contributed by atoms with Crippen LogP contribution in [-0.2, 0) is 13.0 Å². The van der Waals surface area contributed by atoms with Crippen molar-refractivity contribution in [2.24, 2.45) is 0 Å². The first-order valence-electron chi connectivity index (χ1n) is 11.2. The van der Waals surface area contributed by atoms with Crippen molar-refractivity contribution in [3.8, 4) is 21.9 Å². The van der Waals surface area contributed by atoms with Crippen LogP contribution in [0.3, 0.4) is 0 Å². The van der Waals surface area contributed by atoms with Gasteiger partial charge in [-0.25, -0.2) is 4.98 Å². The van der Waals surface area contributed by atoms with E-state index in [0.29, 0.717) is 37.7 Å². The Bertz CT molecular complexity index is 1300. The van der Waals surface area contributed by atoms with Crippen molar-refractivity contribution >= 4 is 28.6 Å². The normalized spacial score (nSPS) is 13.2. The highest BCUT2D eigenvalue weighted by Crippen LogP contribution is 2.40. The molecule has 1 aliphatic heterocycles. The molecule has 0 spiro atoms. The van der Waals surface area contributed by atoms with Gasteiger partial charge in [0, 0.05) is 39.4 Å². The predicted octanol–water partition coefficient (Wildman–Crippen LogP) is 5.54. The number of thiazole rings is 1. The highest BCUT2D eigenvalue weighted by molar-refractivity contribution is 7.15. The molecule has 3 aromatic heterocycles. The van der Waals surface area contributed by atoms with Gasteiger partial charge in [-0.2, -0.15) is 0 Å². The number of fused-ring (bicyclic) bond motifs is 1. The number of benzene rings is 1. The molecule has 0 N–H and O–H groups in total. The smallest absolute Gasteiger partial charge is 0.272 e. The molecule has 0 saturated carbocycles. The Kier molecular flexibility index (Phi) is 6.60. The molecule has 5 rings (SSSR count). The number of rotatable bonds is 6. The molecule has 34 heavy (non-hydrogen) atoms. The number of pyridine rings is 1. The maximum absolute atomic E-state index is 13.1. The SMILES string of the molecule is Cc1ccc(-c2cc3c(c(OCCc4scnc4C)c2)OCCN(C(=O)c2ccccn2)C3)s1. The third-order valence-corrected chi connectivity index (χ3v) is 7.77. The number of nitrogens with zero attached hydrogens (tertiary/aromatic N) is 3. The fourth-order valence-electron chi connectivity index (χ4n) is 3.97. The van der Waals surface area contributed by atoms with Crippen LogP contribution in [0.4, 0.5) is 0 Å². The summed E-state index contributed by atoms with van der Waals surface area (Å²) in [5.74, 6) is 1.33. The standard InChI is InChI=1S/C26H25N3O3S2/c1-17-6-7-24(34-17)19-13-20-15-29(26(30)21-5-3-4-9-27-21)10-12-32-25(20)22(14-19)31-11-8-23-18(2)28-16-33-23/h3-7,9,13-14,16H,8,10-12,15H2,1-2H3. The largest absolute Gasteiger partial charge is 0.489 e. The van der Waals surface area contributed by atoms with Crippen LogP contribution in [0.2, 0.25) is 0 Å². The van der Waals surface area contributed by atoms with Gasteiger partial charge in [-0.05, 0) is 55.8 Å². The summed E-state index contributed by atoms with van der Waals surface area (Å²) < 4.78 is 12.4. The number of carbonyl (C=O) groups excluding carboxylic acids is 1. The summed E-state index contributed by atoms with van der Waals surface area (Å²) >= 11 is 3.39. The van der Waals surface area contributed by atoms with Crippen LogP contribution in [0.1, 0.15) is 31.5 Å². The summed E-state index contributed by atoms with van der Waals surface area (Å²) in [5, 5.41) is 0. The molecule has 0 fully saturated rings. The quantitative estimate of drug-likeness (QED) is 0.354. The van der Waals surface area contributed by atoms with E-state index in [-0.39, 0.29) is 5.91 Å². The summed E-state index contributed by atoms with van der Waals surface area (Å²) in [5.41, 5.74) is 5.36. The summed E-state index contributed by atoms with van der Waals surface area (Å²) in [6.07, 6.45) is 2.43. The van der Waals surface area contributed by atoms with Gasteiger partial charge in [0.15, 0.2) is 11.5 Å². The molecule has 6 nitrogen and oxygen atoms in total. The molecule has 4 heterocycles. The van der Waals surface area contributed by atoms with Gasteiger partial charge >= 0.3 is 0 Å². The van der Waals surface area contributed by atoms with Crippen molar-refractivity contribution in [3.63, 3.8) is 0 Å². The molecule has 1 aliphatic rings. The fraction of sp³-hybridized carbons (Fsp3) is 0.269. The number of ether oxygens (including phenoxy) is 2. The van der Waals surface area contributed by atoms with Crippen LogP contribution in [-0.4, -0.2) is 40.5 Å². The van der Waals surface area contributed by atoms with Crippen LogP contribution >= 0.6 is 22.7 Å². The Morgan fingerprint density at radius 2 is 2.09 bits per heavy atom. The van der Waals surface area contributed by atoms with Gasteiger partial charge in [0.25, 0.3) is 5.91 Å². The molecule has 1 aromatic carbocycles. The van der Waals surface area contributed by atoms with Crippen molar-refractivity contribution in [1.82, 2.24) is 14.9 Å². The van der Waals surface area contributed by atoms with E-state index in [0.717, 1.165) is 33.9 Å². The molecule has 4 aromatic rings. The third-order valence-electron chi connectivity index (χ3n) is 5.73. The van der Waals surface area contributed by atoms with E-state index in [4.69, 9.17) is 9.47 Å². The molecule has 1 amide bonds. The highest BCUT2D eigenvalue weighted by atomic mass is 32.1. The number of aryl methyl sites for hydroxylation is 2. The molecule has 174 valence electrons. The molecular formula is C26H25N3O3S2. The second-order valence-corrected chi connectivity index (χ2v) is 10.3. The van der Waals surface area contributed by atoms with Crippen molar-refractivity contribution in [1.29, 1.82) is 0 Å². The van der Waals surface area contributed by atoms with E-state index < -0.39 is 0 Å². The van der Waals surface area contributed by atoms with Crippen LogP contribution in [0.5, 0.6) is 11.5 Å². The summed E-state index contributed by atoms with van der Waals surface area (Å²) in [7, 11) is 0. The zero-order chi connectivity index (χ0) is 23.5. The van der Waals surface area contributed by atoms with Crippen LogP contribution in [0.15, 0.2) is 54.2 Å². The van der Waals surface area contributed by atoms with Crippen LogP contribution < -0.4 is 9.47 Å². The Morgan fingerprint density at radius 3 is 2.82 bits per heavy atom. The average Bonchev–Trinajstić information content (AvgIpc) is 3.40. The Morgan fingerprint density at radius 1 is 1.18 bits per heavy atom. The highest BCUT2D eigenvalue weighted by Gasteiger charge is 2.25. The van der Waals surface area contributed by atoms with E-state index >= 15 is 0 Å². The molecular weight excluding hydrogens is 466 g/mol. The Labute approximate surface area is 206 Å². The summed E-state index contributed by atoms with van der Waals surface area (Å²) in [4.78, 5) is 27.1. The van der Waals surface area contributed by atoms with E-state index in [9.17, 15) is 4.79 Å². The van der Waals surface area contributed by atoms with Crippen molar-refractivity contribution < 1.29 is 14.3 Å². The first kappa shape index (κ1) is 22.6. The zero-order valence-corrected chi connectivity index (χ0v) is 20.7. The van der Waals surface area contributed by atoms with Gasteiger partial charge in [-0.15, -0.1) is 22.7 Å². The lowest BCUT2D eigenvalue weighted by Crippen LogP contribution is -2.32. The van der Waals surface area contributed by atoms with E-state index in [1.54, 1.807) is 39.8 Å². The van der Waals surface area contributed by atoms with Gasteiger partial charge in [-0.1, -0.05) is 6.07 Å². The minimum atomic E-state index is -0.0995. The van der Waals surface area contributed by atoms with Crippen LogP contribution in [0, 0.1) is 13.8 Å². The van der Waals surface area contributed by atoms with E-state index in [2.05, 4.69) is 41.2 Å². The second kappa shape index (κ2) is 9.95. The lowest BCUT2D eigenvalue weighted by molar-refractivity contribution is 0.0727. The van der Waals surface area contributed by atoms with Gasteiger partial charge in [0.05, 0.1) is 24.4 Å². The Balaban J connectivity index is 1.45. The maximum atomic E-state index is 13.1. The molecule has 0 bridgehead atoms. The van der Waals surface area contributed by atoms with Gasteiger partial charge in [0.2, 0.25) is 0 Å². The van der Waals surface area contributed by atoms with E-state index in [1.165, 1.54) is 9.75 Å². The minimum Gasteiger partial charge on any atom is -0.489 e. The van der Waals surface area contributed by atoms with Crippen molar-refractivity contribution in [2.45, 2.75) is 26.8 Å². The molecule has 0 aliphatic carbocycles. The van der Waals surface area contributed by atoms with Crippen molar-refractivity contribution in [2.75, 3.05) is 19.8 Å². The lowest BCUT2D eigenvalue weighted by atomic mass is 10.1. The lowest BCUT2D eigenvalue weighted by Gasteiger charge is -2.20. The maximum Gasteiger partial charge on any atom is 0.272 e. The first-order chi connectivity index (χ1) is 16.6.